The fraction of sp³-hybridized carbons (Fsp3) is 0.0435. The number of pyridine rings is 1. The summed E-state index contributed by atoms with van der Waals surface area (Å²) in [5, 5.41) is 6.51. The first-order valence-electron chi connectivity index (χ1n) is 9.36. The zero-order chi connectivity index (χ0) is 21.8. The molecule has 8 heteroatoms. The minimum Gasteiger partial charge on any atom is -0.434 e. The van der Waals surface area contributed by atoms with Gasteiger partial charge in [-0.2, -0.15) is 4.98 Å². The molecule has 1 amide bonds. The van der Waals surface area contributed by atoms with Gasteiger partial charge in [0, 0.05) is 28.5 Å². The number of aromatic nitrogens is 2. The van der Waals surface area contributed by atoms with Crippen LogP contribution in [0.4, 0.5) is 5.69 Å². The minimum absolute atomic E-state index is 0.185. The fourth-order valence-corrected chi connectivity index (χ4v) is 3.17. The third kappa shape index (κ3) is 5.14. The van der Waals surface area contributed by atoms with Gasteiger partial charge >= 0.3 is 0 Å². The van der Waals surface area contributed by atoms with Gasteiger partial charge in [0.05, 0.1) is 0 Å². The van der Waals surface area contributed by atoms with Crippen LogP contribution < -0.4 is 10.6 Å². The van der Waals surface area contributed by atoms with Gasteiger partial charge in [-0.15, -0.1) is 0 Å². The fourth-order valence-electron chi connectivity index (χ4n) is 2.84. The van der Waals surface area contributed by atoms with Crippen LogP contribution in [0.2, 0.25) is 5.02 Å². The predicted octanol–water partition coefficient (Wildman–Crippen LogP) is 5.38. The van der Waals surface area contributed by atoms with Crippen molar-refractivity contribution >= 4 is 57.8 Å². The zero-order valence-electron chi connectivity index (χ0n) is 16.4. The summed E-state index contributed by atoms with van der Waals surface area (Å²) in [6.45, 7) is 1.94. The highest BCUT2D eigenvalue weighted by Gasteiger charge is 2.11. The maximum absolute atomic E-state index is 12.2. The molecule has 154 valence electrons. The lowest BCUT2D eigenvalue weighted by Gasteiger charge is -2.11. The van der Waals surface area contributed by atoms with Gasteiger partial charge in [-0.05, 0) is 72.7 Å². The maximum Gasteiger partial charge on any atom is 0.250 e. The Morgan fingerprint density at radius 3 is 2.74 bits per heavy atom. The normalized spacial score (nSPS) is 11.0. The summed E-state index contributed by atoms with van der Waals surface area (Å²) in [7, 11) is 0. The Morgan fingerprint density at radius 2 is 1.97 bits per heavy atom. The lowest BCUT2D eigenvalue weighted by atomic mass is 10.1. The van der Waals surface area contributed by atoms with Crippen LogP contribution in [0.5, 0.6) is 0 Å². The van der Waals surface area contributed by atoms with Gasteiger partial charge in [0.25, 0.3) is 0 Å². The number of hydrogen-bond acceptors (Lipinski definition) is 5. The molecule has 0 saturated heterocycles. The molecule has 0 atom stereocenters. The van der Waals surface area contributed by atoms with Crippen LogP contribution in [-0.2, 0) is 4.79 Å². The van der Waals surface area contributed by atoms with Crippen molar-refractivity contribution < 1.29 is 9.21 Å². The number of thiocarbonyl (C=S) groups is 1. The third-order valence-electron chi connectivity index (χ3n) is 4.43. The molecule has 0 aliphatic rings. The van der Waals surface area contributed by atoms with Gasteiger partial charge in [0.15, 0.2) is 16.3 Å². The Hall–Kier alpha value is -3.55. The van der Waals surface area contributed by atoms with Crippen molar-refractivity contribution in [2.75, 3.05) is 5.32 Å². The molecule has 0 saturated carbocycles. The summed E-state index contributed by atoms with van der Waals surface area (Å²) in [5.41, 5.74) is 4.47. The van der Waals surface area contributed by atoms with E-state index in [1.807, 2.05) is 43.3 Å². The van der Waals surface area contributed by atoms with Crippen molar-refractivity contribution in [1.82, 2.24) is 15.3 Å². The number of halogens is 1. The largest absolute Gasteiger partial charge is 0.434 e. The number of nitrogens with zero attached hydrogens (tertiary/aromatic N) is 2. The molecule has 0 aliphatic carbocycles. The molecule has 6 nitrogen and oxygen atoms in total. The Kier molecular flexibility index (Phi) is 6.06. The second kappa shape index (κ2) is 9.07. The summed E-state index contributed by atoms with van der Waals surface area (Å²) in [5.74, 6) is 0.115. The number of carbonyl (C=O) groups is 1. The van der Waals surface area contributed by atoms with E-state index in [1.165, 1.54) is 6.08 Å². The van der Waals surface area contributed by atoms with E-state index in [0.29, 0.717) is 22.1 Å². The first kappa shape index (κ1) is 20.7. The number of benzene rings is 2. The van der Waals surface area contributed by atoms with Crippen molar-refractivity contribution in [3.05, 3.63) is 83.0 Å². The summed E-state index contributed by atoms with van der Waals surface area (Å²) < 4.78 is 5.78. The maximum atomic E-state index is 12.2. The van der Waals surface area contributed by atoms with Crippen LogP contribution in [-0.4, -0.2) is 21.0 Å². The number of fused-ring (bicyclic) bond motifs is 1. The molecule has 2 aromatic carbocycles. The van der Waals surface area contributed by atoms with Crippen LogP contribution in [0.25, 0.3) is 28.8 Å². The average molecular weight is 449 g/mol. The molecule has 31 heavy (non-hydrogen) atoms. The lowest BCUT2D eigenvalue weighted by Crippen LogP contribution is -2.33. The third-order valence-corrected chi connectivity index (χ3v) is 4.89. The van der Waals surface area contributed by atoms with Gasteiger partial charge in [0.2, 0.25) is 11.8 Å². The second-order valence-electron chi connectivity index (χ2n) is 6.70. The van der Waals surface area contributed by atoms with Gasteiger partial charge in [0.1, 0.15) is 0 Å². The van der Waals surface area contributed by atoms with E-state index in [9.17, 15) is 4.79 Å². The number of amides is 1. The lowest BCUT2D eigenvalue weighted by molar-refractivity contribution is -0.115. The first-order valence-corrected chi connectivity index (χ1v) is 10.1. The molecule has 0 fully saturated rings. The number of nitrogens with one attached hydrogen (secondary N) is 2. The monoisotopic (exact) mass is 448 g/mol. The highest BCUT2D eigenvalue weighted by molar-refractivity contribution is 7.80. The molecular formula is C23H17ClN4O2S. The Balaban J connectivity index is 1.44. The molecule has 0 radical (unpaired) electrons. The van der Waals surface area contributed by atoms with Crippen LogP contribution in [0, 0.1) is 6.92 Å². The number of hydrogen-bond donors (Lipinski definition) is 2. The standard InChI is InChI=1S/C23H17ClN4O2S/c1-14-4-8-16(22-28-21-19(30-22)3-2-12-25-21)13-18(14)26-23(31)27-20(29)11-7-15-5-9-17(24)10-6-15/h2-13H,1H3,(H2,26,27,29,31). The number of rotatable bonds is 4. The zero-order valence-corrected chi connectivity index (χ0v) is 18.0. The Morgan fingerprint density at radius 1 is 1.16 bits per heavy atom. The van der Waals surface area contributed by atoms with E-state index >= 15 is 0 Å². The molecular weight excluding hydrogens is 432 g/mol. The number of anilines is 1. The first-order chi connectivity index (χ1) is 15.0. The Labute approximate surface area is 189 Å². The topological polar surface area (TPSA) is 80.1 Å². The van der Waals surface area contributed by atoms with E-state index in [4.69, 9.17) is 28.2 Å². The number of oxazole rings is 1. The van der Waals surface area contributed by atoms with Crippen molar-refractivity contribution in [2.24, 2.45) is 0 Å². The molecule has 0 bridgehead atoms. The van der Waals surface area contributed by atoms with Crippen molar-refractivity contribution in [3.63, 3.8) is 0 Å². The van der Waals surface area contributed by atoms with Gasteiger partial charge < -0.3 is 9.73 Å². The molecule has 4 rings (SSSR count). The predicted molar refractivity (Wildman–Crippen MR) is 127 cm³/mol. The van der Waals surface area contributed by atoms with E-state index in [0.717, 1.165) is 22.4 Å². The van der Waals surface area contributed by atoms with Crippen molar-refractivity contribution in [1.29, 1.82) is 0 Å². The van der Waals surface area contributed by atoms with Crippen LogP contribution in [0.3, 0.4) is 0 Å². The smallest absolute Gasteiger partial charge is 0.250 e. The summed E-state index contributed by atoms with van der Waals surface area (Å²) in [6, 6.07) is 16.4. The Bertz CT molecular complexity index is 1270. The van der Waals surface area contributed by atoms with E-state index in [1.54, 1.807) is 30.5 Å². The average Bonchev–Trinajstić information content (AvgIpc) is 3.19. The summed E-state index contributed by atoms with van der Waals surface area (Å²) in [6.07, 6.45) is 4.76. The highest BCUT2D eigenvalue weighted by atomic mass is 35.5. The van der Waals surface area contributed by atoms with Crippen LogP contribution in [0.15, 0.2) is 71.3 Å². The molecule has 0 unspecified atom stereocenters. The molecule has 4 aromatic rings. The minimum atomic E-state index is -0.341. The second-order valence-corrected chi connectivity index (χ2v) is 7.55. The van der Waals surface area contributed by atoms with Gasteiger partial charge in [-0.3, -0.25) is 10.1 Å². The molecule has 0 aliphatic heterocycles. The van der Waals surface area contributed by atoms with Crippen LogP contribution in [0.1, 0.15) is 11.1 Å². The summed E-state index contributed by atoms with van der Waals surface area (Å²) in [4.78, 5) is 20.8. The SMILES string of the molecule is Cc1ccc(-c2nc3ncccc3o2)cc1NC(=S)NC(=O)C=Cc1ccc(Cl)cc1. The van der Waals surface area contributed by atoms with E-state index in [-0.39, 0.29) is 11.0 Å². The molecule has 2 heterocycles. The van der Waals surface area contributed by atoms with Gasteiger partial charge in [-0.25, -0.2) is 4.98 Å². The molecule has 2 aromatic heterocycles. The number of aryl methyl sites for hydroxylation is 1. The summed E-state index contributed by atoms with van der Waals surface area (Å²) >= 11 is 11.2. The van der Waals surface area contributed by atoms with Crippen molar-refractivity contribution in [3.8, 4) is 11.5 Å². The highest BCUT2D eigenvalue weighted by Crippen LogP contribution is 2.27. The quantitative estimate of drug-likeness (QED) is 0.322. The van der Waals surface area contributed by atoms with Crippen molar-refractivity contribution in [2.45, 2.75) is 6.92 Å². The van der Waals surface area contributed by atoms with Gasteiger partial charge in [-0.1, -0.05) is 29.8 Å². The van der Waals surface area contributed by atoms with Crippen LogP contribution >= 0.6 is 23.8 Å². The van der Waals surface area contributed by atoms with E-state index in [2.05, 4.69) is 20.6 Å². The number of carbonyl (C=O) groups excluding carboxylic acids is 1. The molecule has 0 spiro atoms. The molecule has 2 N–H and O–H groups in total. The van der Waals surface area contributed by atoms with E-state index < -0.39 is 0 Å².